The molecule has 0 radical (unpaired) electrons. The van der Waals surface area contributed by atoms with E-state index in [4.69, 9.17) is 9.97 Å². The smallest absolute Gasteiger partial charge is 0.228 e. The normalized spacial score (nSPS) is 21.5. The van der Waals surface area contributed by atoms with Crippen molar-refractivity contribution >= 4 is 17.6 Å². The van der Waals surface area contributed by atoms with Crippen molar-refractivity contribution in [2.24, 2.45) is 5.92 Å². The minimum atomic E-state index is -0.221. The summed E-state index contributed by atoms with van der Waals surface area (Å²) in [6.07, 6.45) is 5.72. The number of pyridine rings is 1. The highest BCUT2D eigenvalue weighted by molar-refractivity contribution is 5.89. The highest BCUT2D eigenvalue weighted by atomic mass is 16.2. The van der Waals surface area contributed by atoms with Crippen molar-refractivity contribution in [1.82, 2.24) is 24.8 Å². The van der Waals surface area contributed by atoms with Gasteiger partial charge in [0.1, 0.15) is 5.82 Å². The first-order valence-corrected chi connectivity index (χ1v) is 11.0. The molecule has 2 saturated heterocycles. The Kier molecular flexibility index (Phi) is 6.15. The van der Waals surface area contributed by atoms with Crippen LogP contribution in [0.3, 0.4) is 0 Å². The maximum absolute atomic E-state index is 13.1. The molecule has 4 heterocycles. The standard InChI is InChI=1S/C23H30N6O2/c1-4-28-15-18(12-21(28)30)23(31)29-11-5-6-17(14-29)19-13-20(27(2)3)26-22(25-19)16-7-9-24-10-8-16/h7-10,13,17-18H,4-6,11-12,14-15H2,1-3H3/t17-,18+/m1/s1. The molecule has 0 spiro atoms. The Morgan fingerprint density at radius 1 is 1.19 bits per heavy atom. The highest BCUT2D eigenvalue weighted by Crippen LogP contribution is 2.31. The van der Waals surface area contributed by atoms with Crippen LogP contribution in [0.4, 0.5) is 5.82 Å². The predicted molar refractivity (Wildman–Crippen MR) is 119 cm³/mol. The van der Waals surface area contributed by atoms with E-state index < -0.39 is 0 Å². The van der Waals surface area contributed by atoms with E-state index in [2.05, 4.69) is 4.98 Å². The van der Waals surface area contributed by atoms with Crippen LogP contribution in [-0.2, 0) is 9.59 Å². The topological polar surface area (TPSA) is 82.5 Å². The lowest BCUT2D eigenvalue weighted by Gasteiger charge is -2.34. The average Bonchev–Trinajstić information content (AvgIpc) is 3.19. The van der Waals surface area contributed by atoms with E-state index in [0.29, 0.717) is 31.9 Å². The van der Waals surface area contributed by atoms with Crippen molar-refractivity contribution in [2.45, 2.75) is 32.1 Å². The van der Waals surface area contributed by atoms with Crippen LogP contribution in [0.5, 0.6) is 0 Å². The summed E-state index contributed by atoms with van der Waals surface area (Å²) in [4.78, 5) is 44.6. The van der Waals surface area contributed by atoms with Crippen LogP contribution < -0.4 is 4.90 Å². The van der Waals surface area contributed by atoms with Gasteiger partial charge in [-0.1, -0.05) is 0 Å². The molecule has 4 rings (SSSR count). The summed E-state index contributed by atoms with van der Waals surface area (Å²) in [5, 5.41) is 0. The molecule has 2 aliphatic heterocycles. The first-order chi connectivity index (χ1) is 15.0. The first-order valence-electron chi connectivity index (χ1n) is 11.0. The number of rotatable bonds is 5. The van der Waals surface area contributed by atoms with E-state index in [1.54, 1.807) is 17.3 Å². The van der Waals surface area contributed by atoms with Gasteiger partial charge in [-0.2, -0.15) is 0 Å². The molecule has 31 heavy (non-hydrogen) atoms. The van der Waals surface area contributed by atoms with Crippen LogP contribution in [0.2, 0.25) is 0 Å². The minimum absolute atomic E-state index is 0.0860. The number of hydrogen-bond donors (Lipinski definition) is 0. The molecular weight excluding hydrogens is 392 g/mol. The Hall–Kier alpha value is -3.03. The van der Waals surface area contributed by atoms with Gasteiger partial charge in [0.15, 0.2) is 5.82 Å². The summed E-state index contributed by atoms with van der Waals surface area (Å²) < 4.78 is 0. The Morgan fingerprint density at radius 3 is 2.65 bits per heavy atom. The molecule has 8 heteroatoms. The molecule has 0 saturated carbocycles. The molecule has 2 amide bonds. The number of anilines is 1. The number of amides is 2. The fourth-order valence-electron chi connectivity index (χ4n) is 4.44. The number of hydrogen-bond acceptors (Lipinski definition) is 6. The lowest BCUT2D eigenvalue weighted by atomic mass is 9.93. The minimum Gasteiger partial charge on any atom is -0.363 e. The van der Waals surface area contributed by atoms with E-state index in [9.17, 15) is 9.59 Å². The Balaban J connectivity index is 1.56. The summed E-state index contributed by atoms with van der Waals surface area (Å²) in [5.41, 5.74) is 1.88. The summed E-state index contributed by atoms with van der Waals surface area (Å²) in [7, 11) is 3.94. The largest absolute Gasteiger partial charge is 0.363 e. The van der Waals surface area contributed by atoms with E-state index >= 15 is 0 Å². The lowest BCUT2D eigenvalue weighted by Crippen LogP contribution is -2.43. The van der Waals surface area contributed by atoms with Gasteiger partial charge in [-0.15, -0.1) is 0 Å². The second kappa shape index (κ2) is 8.99. The molecule has 2 aromatic rings. The second-order valence-corrected chi connectivity index (χ2v) is 8.56. The third-order valence-corrected chi connectivity index (χ3v) is 6.23. The number of aromatic nitrogens is 3. The van der Waals surface area contributed by atoms with Crippen LogP contribution in [0, 0.1) is 5.92 Å². The van der Waals surface area contributed by atoms with Crippen LogP contribution in [0.15, 0.2) is 30.6 Å². The third kappa shape index (κ3) is 4.52. The molecule has 2 atom stereocenters. The van der Waals surface area contributed by atoms with E-state index in [-0.39, 0.29) is 23.7 Å². The molecule has 8 nitrogen and oxygen atoms in total. The lowest BCUT2D eigenvalue weighted by molar-refractivity contribution is -0.137. The summed E-state index contributed by atoms with van der Waals surface area (Å²) in [6.45, 7) is 4.54. The van der Waals surface area contributed by atoms with Crippen molar-refractivity contribution in [3.8, 4) is 11.4 Å². The Bertz CT molecular complexity index is 948. The molecule has 0 bridgehead atoms. The van der Waals surface area contributed by atoms with Gasteiger partial charge in [0.25, 0.3) is 0 Å². The zero-order valence-electron chi connectivity index (χ0n) is 18.5. The van der Waals surface area contributed by atoms with Crippen LogP contribution in [0.1, 0.15) is 37.8 Å². The average molecular weight is 423 g/mol. The van der Waals surface area contributed by atoms with Crippen LogP contribution in [-0.4, -0.2) is 76.8 Å². The molecule has 2 fully saturated rings. The van der Waals surface area contributed by atoms with Gasteiger partial charge in [-0.25, -0.2) is 9.97 Å². The van der Waals surface area contributed by atoms with Crippen molar-refractivity contribution in [3.63, 3.8) is 0 Å². The number of likely N-dealkylation sites (tertiary alicyclic amines) is 2. The molecule has 2 aromatic heterocycles. The fraction of sp³-hybridized carbons (Fsp3) is 0.522. The maximum Gasteiger partial charge on any atom is 0.228 e. The first kappa shape index (κ1) is 21.2. The molecular formula is C23H30N6O2. The number of nitrogens with zero attached hydrogens (tertiary/aromatic N) is 6. The highest BCUT2D eigenvalue weighted by Gasteiger charge is 2.37. The summed E-state index contributed by atoms with van der Waals surface area (Å²) in [6, 6.07) is 5.85. The predicted octanol–water partition coefficient (Wildman–Crippen LogP) is 2.18. The van der Waals surface area contributed by atoms with Gasteiger partial charge in [-0.3, -0.25) is 14.6 Å². The van der Waals surface area contributed by atoms with E-state index in [1.807, 2.05) is 49.0 Å². The van der Waals surface area contributed by atoms with Crippen molar-refractivity contribution < 1.29 is 9.59 Å². The molecule has 0 N–H and O–H groups in total. The van der Waals surface area contributed by atoms with Gasteiger partial charge < -0.3 is 14.7 Å². The third-order valence-electron chi connectivity index (χ3n) is 6.23. The zero-order chi connectivity index (χ0) is 22.0. The maximum atomic E-state index is 13.1. The van der Waals surface area contributed by atoms with Gasteiger partial charge in [-0.05, 0) is 31.9 Å². The zero-order valence-corrected chi connectivity index (χ0v) is 18.5. The van der Waals surface area contributed by atoms with E-state index in [0.717, 1.165) is 36.5 Å². The quantitative estimate of drug-likeness (QED) is 0.735. The van der Waals surface area contributed by atoms with Gasteiger partial charge in [0, 0.05) is 76.6 Å². The second-order valence-electron chi connectivity index (χ2n) is 8.56. The van der Waals surface area contributed by atoms with E-state index in [1.165, 1.54) is 0 Å². The molecule has 0 unspecified atom stereocenters. The summed E-state index contributed by atoms with van der Waals surface area (Å²) in [5.74, 6) is 1.64. The van der Waals surface area contributed by atoms with Gasteiger partial charge in [0.05, 0.1) is 11.6 Å². The molecule has 164 valence electrons. The monoisotopic (exact) mass is 422 g/mol. The molecule has 0 aliphatic carbocycles. The molecule has 0 aromatic carbocycles. The van der Waals surface area contributed by atoms with Crippen LogP contribution in [0.25, 0.3) is 11.4 Å². The SMILES string of the molecule is CCN1C[C@@H](C(=O)N2CCC[C@@H](c3cc(N(C)C)nc(-c4ccncc4)n3)C2)CC1=O. The van der Waals surface area contributed by atoms with Crippen molar-refractivity contribution in [2.75, 3.05) is 45.2 Å². The Labute approximate surface area is 183 Å². The fourth-order valence-corrected chi connectivity index (χ4v) is 4.44. The number of carbonyl (C=O) groups excluding carboxylic acids is 2. The van der Waals surface area contributed by atoms with Gasteiger partial charge in [0.2, 0.25) is 11.8 Å². The molecule has 2 aliphatic rings. The van der Waals surface area contributed by atoms with Crippen molar-refractivity contribution in [3.05, 3.63) is 36.3 Å². The van der Waals surface area contributed by atoms with Crippen molar-refractivity contribution in [1.29, 1.82) is 0 Å². The number of carbonyl (C=O) groups is 2. The number of piperidine rings is 1. The summed E-state index contributed by atoms with van der Waals surface area (Å²) >= 11 is 0. The van der Waals surface area contributed by atoms with Gasteiger partial charge >= 0.3 is 0 Å². The Morgan fingerprint density at radius 2 is 1.97 bits per heavy atom. The van der Waals surface area contributed by atoms with Crippen LogP contribution >= 0.6 is 0 Å².